The molecule has 3 aliphatic carbocycles. The van der Waals surface area contributed by atoms with Gasteiger partial charge in [-0.15, -0.1) is 0 Å². The molecule has 0 nitrogen and oxygen atoms in total. The second kappa shape index (κ2) is 10.8. The average Bonchev–Trinajstić information content (AvgIpc) is 2.80. The Balaban J connectivity index is 1.41. The Morgan fingerprint density at radius 2 is 1.52 bits per heavy atom. The predicted molar refractivity (Wildman–Crippen MR) is 126 cm³/mol. The lowest BCUT2D eigenvalue weighted by Crippen LogP contribution is -2.31. The van der Waals surface area contributed by atoms with Gasteiger partial charge in [0.1, 0.15) is 0 Å². The fourth-order valence-electron chi connectivity index (χ4n) is 7.18. The molecule has 2 fully saturated rings. The second-order valence-corrected chi connectivity index (χ2v) is 11.2. The van der Waals surface area contributed by atoms with Crippen LogP contribution in [0.4, 0.5) is 8.78 Å². The van der Waals surface area contributed by atoms with Gasteiger partial charge in [-0.3, -0.25) is 0 Å². The molecule has 0 amide bonds. The van der Waals surface area contributed by atoms with Crippen molar-refractivity contribution in [2.24, 2.45) is 23.7 Å². The van der Waals surface area contributed by atoms with Crippen molar-refractivity contribution in [3.63, 3.8) is 0 Å². The molecule has 31 heavy (non-hydrogen) atoms. The Labute approximate surface area is 189 Å². The van der Waals surface area contributed by atoms with E-state index in [1.165, 1.54) is 64.2 Å². The van der Waals surface area contributed by atoms with Crippen LogP contribution in [0.15, 0.2) is 6.07 Å². The SMILES string of the molecule is CCCCCC1CCC2CC(c3cc4c(c(F)c3F)CC(CCCC)CC4)CCC2C1. The van der Waals surface area contributed by atoms with E-state index in [4.69, 9.17) is 0 Å². The van der Waals surface area contributed by atoms with Gasteiger partial charge in [0, 0.05) is 0 Å². The molecule has 2 heteroatoms. The Morgan fingerprint density at radius 1 is 0.774 bits per heavy atom. The molecule has 0 saturated heterocycles. The van der Waals surface area contributed by atoms with E-state index in [0.29, 0.717) is 17.0 Å². The van der Waals surface area contributed by atoms with Crippen LogP contribution in [-0.4, -0.2) is 0 Å². The molecule has 3 aliphatic rings. The minimum atomic E-state index is -0.508. The van der Waals surface area contributed by atoms with Crippen LogP contribution in [0.3, 0.4) is 0 Å². The van der Waals surface area contributed by atoms with Crippen molar-refractivity contribution < 1.29 is 8.78 Å². The van der Waals surface area contributed by atoms with E-state index in [9.17, 15) is 0 Å². The first-order valence-corrected chi connectivity index (χ1v) is 13.6. The van der Waals surface area contributed by atoms with Gasteiger partial charge in [0.2, 0.25) is 0 Å². The quantitative estimate of drug-likeness (QED) is 0.361. The topological polar surface area (TPSA) is 0 Å². The smallest absolute Gasteiger partial charge is 0.162 e. The van der Waals surface area contributed by atoms with E-state index >= 15 is 8.78 Å². The summed E-state index contributed by atoms with van der Waals surface area (Å²) >= 11 is 0. The maximum Gasteiger partial charge on any atom is 0.162 e. The minimum absolute atomic E-state index is 0.232. The molecular formula is C29H44F2. The molecule has 0 spiro atoms. The molecule has 0 aliphatic heterocycles. The van der Waals surface area contributed by atoms with Crippen molar-refractivity contribution in [3.05, 3.63) is 34.4 Å². The van der Waals surface area contributed by atoms with Gasteiger partial charge < -0.3 is 0 Å². The van der Waals surface area contributed by atoms with Crippen LogP contribution in [0.1, 0.15) is 126 Å². The van der Waals surface area contributed by atoms with Gasteiger partial charge in [0.05, 0.1) is 0 Å². The number of unbranched alkanes of at least 4 members (excludes halogenated alkanes) is 3. The highest BCUT2D eigenvalue weighted by Crippen LogP contribution is 2.49. The zero-order valence-electron chi connectivity index (χ0n) is 20.0. The van der Waals surface area contributed by atoms with Crippen molar-refractivity contribution in [1.82, 2.24) is 0 Å². The van der Waals surface area contributed by atoms with Gasteiger partial charge >= 0.3 is 0 Å². The maximum atomic E-state index is 15.2. The van der Waals surface area contributed by atoms with E-state index < -0.39 is 11.6 Å². The maximum absolute atomic E-state index is 15.2. The van der Waals surface area contributed by atoms with Gasteiger partial charge in [-0.2, -0.15) is 0 Å². The lowest BCUT2D eigenvalue weighted by atomic mass is 9.63. The highest BCUT2D eigenvalue weighted by Gasteiger charge is 2.37. The largest absolute Gasteiger partial charge is 0.203 e. The van der Waals surface area contributed by atoms with Crippen molar-refractivity contribution in [3.8, 4) is 0 Å². The van der Waals surface area contributed by atoms with E-state index in [0.717, 1.165) is 61.8 Å². The number of benzene rings is 1. The van der Waals surface area contributed by atoms with Crippen LogP contribution < -0.4 is 0 Å². The van der Waals surface area contributed by atoms with Crippen LogP contribution in [-0.2, 0) is 12.8 Å². The summed E-state index contributed by atoms with van der Waals surface area (Å²) in [6.07, 6.45) is 19.3. The van der Waals surface area contributed by atoms with Crippen LogP contribution >= 0.6 is 0 Å². The standard InChI is InChI=1S/C29H44F2/c1-3-5-7-9-20-10-12-23-18-24(15-14-22(23)16-20)27-19-25-13-11-21(8-6-4-2)17-26(25)28(30)29(27)31/h19-24H,3-18H2,1-2H3. The number of halogens is 2. The van der Waals surface area contributed by atoms with E-state index in [-0.39, 0.29) is 5.92 Å². The normalized spacial score (nSPS) is 30.6. The number of hydrogen-bond acceptors (Lipinski definition) is 0. The zero-order chi connectivity index (χ0) is 21.8. The van der Waals surface area contributed by atoms with Gasteiger partial charge in [0.15, 0.2) is 11.6 Å². The Bertz CT molecular complexity index is 724. The predicted octanol–water partition coefficient (Wildman–Crippen LogP) is 9.14. The molecular weight excluding hydrogens is 386 g/mol. The highest BCUT2D eigenvalue weighted by atomic mass is 19.2. The Morgan fingerprint density at radius 3 is 2.32 bits per heavy atom. The van der Waals surface area contributed by atoms with Crippen LogP contribution in [0.25, 0.3) is 0 Å². The lowest BCUT2D eigenvalue weighted by Gasteiger charge is -2.42. The molecule has 1 aromatic rings. The first-order chi connectivity index (χ1) is 15.1. The van der Waals surface area contributed by atoms with Crippen molar-refractivity contribution >= 4 is 0 Å². The van der Waals surface area contributed by atoms with E-state index in [1.807, 2.05) is 0 Å². The average molecular weight is 431 g/mol. The van der Waals surface area contributed by atoms with E-state index in [1.54, 1.807) is 0 Å². The van der Waals surface area contributed by atoms with E-state index in [2.05, 4.69) is 19.9 Å². The van der Waals surface area contributed by atoms with Gasteiger partial charge in [0.25, 0.3) is 0 Å². The molecule has 0 heterocycles. The van der Waals surface area contributed by atoms with Crippen molar-refractivity contribution in [1.29, 1.82) is 0 Å². The summed E-state index contributed by atoms with van der Waals surface area (Å²) in [6, 6.07) is 2.09. The fraction of sp³-hybridized carbons (Fsp3) is 0.793. The van der Waals surface area contributed by atoms with Crippen LogP contribution in [0.5, 0.6) is 0 Å². The van der Waals surface area contributed by atoms with Crippen molar-refractivity contribution in [2.45, 2.75) is 122 Å². The molecule has 0 N–H and O–H groups in total. The summed E-state index contributed by atoms with van der Waals surface area (Å²) in [5.74, 6) is 2.25. The summed E-state index contributed by atoms with van der Waals surface area (Å²) in [4.78, 5) is 0. The van der Waals surface area contributed by atoms with Crippen molar-refractivity contribution in [2.75, 3.05) is 0 Å². The fourth-order valence-corrected chi connectivity index (χ4v) is 7.18. The monoisotopic (exact) mass is 430 g/mol. The molecule has 0 aromatic heterocycles. The summed E-state index contributed by atoms with van der Waals surface area (Å²) in [5.41, 5.74) is 2.53. The number of rotatable bonds is 8. The summed E-state index contributed by atoms with van der Waals surface area (Å²) < 4.78 is 30.4. The third kappa shape index (κ3) is 5.36. The molecule has 0 radical (unpaired) electrons. The Hall–Kier alpha value is -0.920. The molecule has 5 unspecified atom stereocenters. The van der Waals surface area contributed by atoms with Gasteiger partial charge in [-0.1, -0.05) is 71.3 Å². The second-order valence-electron chi connectivity index (χ2n) is 11.2. The number of fused-ring (bicyclic) bond motifs is 2. The molecule has 174 valence electrons. The number of hydrogen-bond donors (Lipinski definition) is 0. The summed E-state index contributed by atoms with van der Waals surface area (Å²) in [5, 5.41) is 0. The van der Waals surface area contributed by atoms with Gasteiger partial charge in [-0.05, 0) is 97.6 Å². The first kappa shape index (κ1) is 23.2. The third-order valence-electron chi connectivity index (χ3n) is 9.09. The van der Waals surface area contributed by atoms with Crippen LogP contribution in [0.2, 0.25) is 0 Å². The Kier molecular flexibility index (Phi) is 8.10. The molecule has 0 bridgehead atoms. The number of aryl methyl sites for hydroxylation is 1. The lowest BCUT2D eigenvalue weighted by molar-refractivity contribution is 0.112. The summed E-state index contributed by atoms with van der Waals surface area (Å²) in [7, 11) is 0. The highest BCUT2D eigenvalue weighted by molar-refractivity contribution is 5.38. The third-order valence-corrected chi connectivity index (χ3v) is 9.09. The molecule has 2 saturated carbocycles. The molecule has 4 rings (SSSR count). The minimum Gasteiger partial charge on any atom is -0.203 e. The molecule has 5 atom stereocenters. The van der Waals surface area contributed by atoms with Gasteiger partial charge in [-0.25, -0.2) is 8.78 Å². The zero-order valence-corrected chi connectivity index (χ0v) is 20.0. The molecule has 1 aromatic carbocycles. The van der Waals surface area contributed by atoms with Crippen LogP contribution in [0, 0.1) is 35.3 Å². The first-order valence-electron chi connectivity index (χ1n) is 13.6. The summed E-state index contributed by atoms with van der Waals surface area (Å²) in [6.45, 7) is 4.49.